The largest absolute Gasteiger partial charge is 0.375 e. The number of hydrogen-bond acceptors (Lipinski definition) is 6. The standard InChI is InChI=1S/C16H20N4O3/c1-11-10-22-12(2)9-20(11)15(21)4-3-14-18-16(19-23-14)13-5-7-17-8-6-13/h5-8,11-12H,3-4,9-10H2,1-2H3. The lowest BCUT2D eigenvalue weighted by Gasteiger charge is -2.36. The Morgan fingerprint density at radius 2 is 2.13 bits per heavy atom. The summed E-state index contributed by atoms with van der Waals surface area (Å²) in [5, 5.41) is 3.95. The van der Waals surface area contributed by atoms with Gasteiger partial charge in [0.15, 0.2) is 0 Å². The van der Waals surface area contributed by atoms with Crippen LogP contribution in [0.2, 0.25) is 0 Å². The van der Waals surface area contributed by atoms with Crippen LogP contribution in [-0.4, -0.2) is 51.2 Å². The van der Waals surface area contributed by atoms with Crippen molar-refractivity contribution in [3.63, 3.8) is 0 Å². The fraction of sp³-hybridized carbons (Fsp3) is 0.500. The molecule has 0 radical (unpaired) electrons. The monoisotopic (exact) mass is 316 g/mol. The fourth-order valence-electron chi connectivity index (χ4n) is 2.58. The van der Waals surface area contributed by atoms with Gasteiger partial charge >= 0.3 is 0 Å². The van der Waals surface area contributed by atoms with E-state index >= 15 is 0 Å². The van der Waals surface area contributed by atoms with Crippen molar-refractivity contribution >= 4 is 5.91 Å². The molecule has 0 aliphatic carbocycles. The van der Waals surface area contributed by atoms with E-state index in [2.05, 4.69) is 15.1 Å². The topological polar surface area (TPSA) is 81.4 Å². The molecule has 0 N–H and O–H groups in total. The maximum Gasteiger partial charge on any atom is 0.227 e. The van der Waals surface area contributed by atoms with E-state index in [1.807, 2.05) is 30.9 Å². The van der Waals surface area contributed by atoms with Crippen molar-refractivity contribution in [2.45, 2.75) is 38.8 Å². The summed E-state index contributed by atoms with van der Waals surface area (Å²) in [7, 11) is 0. The number of morpholine rings is 1. The minimum absolute atomic E-state index is 0.0804. The first-order valence-electron chi connectivity index (χ1n) is 7.77. The zero-order valence-corrected chi connectivity index (χ0v) is 13.3. The molecular weight excluding hydrogens is 296 g/mol. The first-order chi connectivity index (χ1) is 11.1. The van der Waals surface area contributed by atoms with Gasteiger partial charge in [0, 0.05) is 37.3 Å². The first-order valence-corrected chi connectivity index (χ1v) is 7.77. The Bertz CT molecular complexity index is 658. The molecular formula is C16H20N4O3. The highest BCUT2D eigenvalue weighted by molar-refractivity contribution is 5.76. The molecule has 23 heavy (non-hydrogen) atoms. The number of pyridine rings is 1. The maximum atomic E-state index is 12.4. The summed E-state index contributed by atoms with van der Waals surface area (Å²) in [6, 6.07) is 3.74. The quantitative estimate of drug-likeness (QED) is 0.854. The highest BCUT2D eigenvalue weighted by Crippen LogP contribution is 2.16. The van der Waals surface area contributed by atoms with Crippen LogP contribution in [0.25, 0.3) is 11.4 Å². The molecule has 1 fully saturated rings. The average Bonchev–Trinajstić information content (AvgIpc) is 3.05. The Hall–Kier alpha value is -2.28. The molecule has 1 saturated heterocycles. The van der Waals surface area contributed by atoms with E-state index in [0.29, 0.717) is 37.7 Å². The van der Waals surface area contributed by atoms with Crippen LogP contribution >= 0.6 is 0 Å². The van der Waals surface area contributed by atoms with Crippen LogP contribution < -0.4 is 0 Å². The number of amides is 1. The summed E-state index contributed by atoms with van der Waals surface area (Å²) in [5.41, 5.74) is 0.844. The summed E-state index contributed by atoms with van der Waals surface area (Å²) in [4.78, 5) is 22.5. The number of rotatable bonds is 4. The van der Waals surface area contributed by atoms with E-state index in [1.54, 1.807) is 12.4 Å². The molecule has 0 spiro atoms. The normalized spacial score (nSPS) is 21.4. The van der Waals surface area contributed by atoms with E-state index in [1.165, 1.54) is 0 Å². The number of aromatic nitrogens is 3. The van der Waals surface area contributed by atoms with Gasteiger partial charge in [0.25, 0.3) is 0 Å². The number of hydrogen-bond donors (Lipinski definition) is 0. The molecule has 122 valence electrons. The van der Waals surface area contributed by atoms with Crippen molar-refractivity contribution < 1.29 is 14.1 Å². The highest BCUT2D eigenvalue weighted by atomic mass is 16.5. The number of carbonyl (C=O) groups is 1. The van der Waals surface area contributed by atoms with Crippen LogP contribution in [0.1, 0.15) is 26.2 Å². The summed E-state index contributed by atoms with van der Waals surface area (Å²) >= 11 is 0. The van der Waals surface area contributed by atoms with Crippen molar-refractivity contribution in [1.29, 1.82) is 0 Å². The van der Waals surface area contributed by atoms with Gasteiger partial charge < -0.3 is 14.2 Å². The van der Waals surface area contributed by atoms with Gasteiger partial charge in [0.05, 0.1) is 18.8 Å². The van der Waals surface area contributed by atoms with Crippen molar-refractivity contribution in [3.8, 4) is 11.4 Å². The second kappa shape index (κ2) is 6.87. The number of aryl methyl sites for hydroxylation is 1. The number of ether oxygens (including phenoxy) is 1. The highest BCUT2D eigenvalue weighted by Gasteiger charge is 2.27. The number of carbonyl (C=O) groups excluding carboxylic acids is 1. The first kappa shape index (κ1) is 15.6. The predicted molar refractivity (Wildman–Crippen MR) is 82.4 cm³/mol. The molecule has 1 aliphatic rings. The maximum absolute atomic E-state index is 12.4. The molecule has 2 aromatic heterocycles. The zero-order chi connectivity index (χ0) is 16.2. The van der Waals surface area contributed by atoms with Gasteiger partial charge in [0.2, 0.25) is 17.6 Å². The van der Waals surface area contributed by atoms with E-state index in [-0.39, 0.29) is 18.1 Å². The molecule has 3 heterocycles. The van der Waals surface area contributed by atoms with Gasteiger partial charge in [-0.15, -0.1) is 0 Å². The molecule has 2 atom stereocenters. The zero-order valence-electron chi connectivity index (χ0n) is 13.3. The fourth-order valence-corrected chi connectivity index (χ4v) is 2.58. The molecule has 7 heteroatoms. The summed E-state index contributed by atoms with van der Waals surface area (Å²) in [6.07, 6.45) is 4.23. The third kappa shape index (κ3) is 3.73. The van der Waals surface area contributed by atoms with Gasteiger partial charge in [-0.05, 0) is 26.0 Å². The van der Waals surface area contributed by atoms with Gasteiger partial charge in [-0.25, -0.2) is 0 Å². The van der Waals surface area contributed by atoms with Crippen LogP contribution in [0.5, 0.6) is 0 Å². The average molecular weight is 316 g/mol. The summed E-state index contributed by atoms with van der Waals surface area (Å²) in [6.45, 7) is 5.19. The second-order valence-corrected chi connectivity index (χ2v) is 5.79. The van der Waals surface area contributed by atoms with Crippen LogP contribution in [0, 0.1) is 0 Å². The van der Waals surface area contributed by atoms with E-state index < -0.39 is 0 Å². The van der Waals surface area contributed by atoms with Gasteiger partial charge in [-0.1, -0.05) is 5.16 Å². The minimum atomic E-state index is 0.0804. The van der Waals surface area contributed by atoms with Crippen molar-refractivity contribution in [2.24, 2.45) is 0 Å². The molecule has 0 aromatic carbocycles. The molecule has 2 unspecified atom stereocenters. The third-order valence-electron chi connectivity index (χ3n) is 3.89. The molecule has 0 bridgehead atoms. The molecule has 1 amide bonds. The second-order valence-electron chi connectivity index (χ2n) is 5.79. The van der Waals surface area contributed by atoms with Gasteiger partial charge in [-0.2, -0.15) is 4.98 Å². The molecule has 1 aliphatic heterocycles. The molecule has 3 rings (SSSR count). The Morgan fingerprint density at radius 3 is 2.91 bits per heavy atom. The number of nitrogens with zero attached hydrogens (tertiary/aromatic N) is 4. The lowest BCUT2D eigenvalue weighted by Crippen LogP contribution is -2.50. The van der Waals surface area contributed by atoms with Crippen LogP contribution in [0.15, 0.2) is 29.0 Å². The lowest BCUT2D eigenvalue weighted by molar-refractivity contribution is -0.143. The van der Waals surface area contributed by atoms with Crippen molar-refractivity contribution in [2.75, 3.05) is 13.2 Å². The van der Waals surface area contributed by atoms with E-state index in [4.69, 9.17) is 9.26 Å². The van der Waals surface area contributed by atoms with E-state index in [0.717, 1.165) is 5.56 Å². The van der Waals surface area contributed by atoms with Crippen molar-refractivity contribution in [3.05, 3.63) is 30.4 Å². The predicted octanol–water partition coefficient (Wildman–Crippen LogP) is 1.70. The van der Waals surface area contributed by atoms with Crippen LogP contribution in [-0.2, 0) is 16.0 Å². The smallest absolute Gasteiger partial charge is 0.227 e. The third-order valence-corrected chi connectivity index (χ3v) is 3.89. The van der Waals surface area contributed by atoms with Gasteiger partial charge in [-0.3, -0.25) is 9.78 Å². The van der Waals surface area contributed by atoms with Crippen LogP contribution in [0.3, 0.4) is 0 Å². The molecule has 0 saturated carbocycles. The molecule has 2 aromatic rings. The Labute approximate surface area is 134 Å². The summed E-state index contributed by atoms with van der Waals surface area (Å²) in [5.74, 6) is 1.08. The van der Waals surface area contributed by atoms with Crippen molar-refractivity contribution in [1.82, 2.24) is 20.0 Å². The molecule has 7 nitrogen and oxygen atoms in total. The summed E-state index contributed by atoms with van der Waals surface area (Å²) < 4.78 is 10.8. The minimum Gasteiger partial charge on any atom is -0.375 e. The lowest BCUT2D eigenvalue weighted by atomic mass is 10.1. The SMILES string of the molecule is CC1CN(C(=O)CCc2nc(-c3ccncc3)no2)C(C)CO1. The van der Waals surface area contributed by atoms with E-state index in [9.17, 15) is 4.79 Å². The van der Waals surface area contributed by atoms with Gasteiger partial charge in [0.1, 0.15) is 0 Å². The Balaban J connectivity index is 1.58. The van der Waals surface area contributed by atoms with Crippen LogP contribution in [0.4, 0.5) is 0 Å². The Morgan fingerprint density at radius 1 is 1.35 bits per heavy atom. The Kier molecular flexibility index (Phi) is 4.66.